The molecule has 0 unspecified atom stereocenters. The van der Waals surface area contributed by atoms with Crippen molar-refractivity contribution in [1.82, 2.24) is 10.2 Å². The Kier molecular flexibility index (Phi) is 6.43. The monoisotopic (exact) mass is 437 g/mol. The molecule has 1 aromatic carbocycles. The Balaban J connectivity index is 1.81. The molecule has 0 radical (unpaired) electrons. The molecule has 0 atom stereocenters. The van der Waals surface area contributed by atoms with Crippen LogP contribution in [0.1, 0.15) is 32.8 Å². The van der Waals surface area contributed by atoms with E-state index in [-0.39, 0.29) is 11.3 Å². The van der Waals surface area contributed by atoms with Crippen LogP contribution in [-0.2, 0) is 9.53 Å². The second kappa shape index (κ2) is 8.67. The van der Waals surface area contributed by atoms with Crippen LogP contribution in [0.15, 0.2) is 23.1 Å². The van der Waals surface area contributed by atoms with Crippen molar-refractivity contribution in [1.29, 1.82) is 0 Å². The van der Waals surface area contributed by atoms with Crippen molar-refractivity contribution in [3.8, 4) is 0 Å². The first-order valence-corrected chi connectivity index (χ1v) is 10.6. The van der Waals surface area contributed by atoms with Crippen LogP contribution >= 0.6 is 23.4 Å². The zero-order valence-corrected chi connectivity index (χ0v) is 18.2. The second-order valence-corrected chi connectivity index (χ2v) is 9.26. The lowest BCUT2D eigenvalue weighted by molar-refractivity contribution is -0.115. The molecule has 0 aromatic heterocycles. The van der Waals surface area contributed by atoms with Gasteiger partial charge in [0.1, 0.15) is 5.60 Å². The lowest BCUT2D eigenvalue weighted by Crippen LogP contribution is -2.39. The fraction of sp³-hybridized carbons (Fsp3) is 0.450. The highest BCUT2D eigenvalue weighted by Gasteiger charge is 2.28. The number of nitrogens with one attached hydrogen (secondary N) is 1. The summed E-state index contributed by atoms with van der Waals surface area (Å²) in [4.78, 5) is 39.9. The second-order valence-electron chi connectivity index (χ2n) is 7.84. The van der Waals surface area contributed by atoms with Crippen molar-refractivity contribution in [3.05, 3.63) is 33.7 Å². The van der Waals surface area contributed by atoms with Gasteiger partial charge in [0.05, 0.1) is 15.6 Å². The zero-order valence-electron chi connectivity index (χ0n) is 16.7. The molecular formula is C20H24ClN3O4S. The molecule has 7 nitrogen and oxygen atoms in total. The Bertz CT molecular complexity index is 866. The summed E-state index contributed by atoms with van der Waals surface area (Å²) in [6.45, 7) is 7.93. The van der Waals surface area contributed by atoms with Gasteiger partial charge in [0.25, 0.3) is 11.1 Å². The van der Waals surface area contributed by atoms with Gasteiger partial charge in [-0.15, -0.1) is 0 Å². The number of anilines is 1. The minimum Gasteiger partial charge on any atom is -0.444 e. The van der Waals surface area contributed by atoms with E-state index in [0.29, 0.717) is 36.1 Å². The quantitative estimate of drug-likeness (QED) is 0.701. The van der Waals surface area contributed by atoms with Crippen LogP contribution in [-0.4, -0.2) is 53.9 Å². The van der Waals surface area contributed by atoms with E-state index in [1.807, 2.05) is 32.9 Å². The van der Waals surface area contributed by atoms with Gasteiger partial charge in [-0.3, -0.25) is 14.9 Å². The van der Waals surface area contributed by atoms with E-state index in [4.69, 9.17) is 16.3 Å². The summed E-state index contributed by atoms with van der Waals surface area (Å²) in [5.41, 5.74) is 1.01. The largest absolute Gasteiger partial charge is 0.444 e. The minimum atomic E-state index is -0.540. The van der Waals surface area contributed by atoms with Crippen LogP contribution < -0.4 is 10.2 Å². The molecule has 0 spiro atoms. The number of hydrogen-bond acceptors (Lipinski definition) is 6. The molecule has 0 saturated carbocycles. The molecule has 2 aliphatic heterocycles. The number of hydrogen-bond donors (Lipinski definition) is 1. The third kappa shape index (κ3) is 5.45. The predicted molar refractivity (Wildman–Crippen MR) is 115 cm³/mol. The van der Waals surface area contributed by atoms with Crippen LogP contribution in [0, 0.1) is 0 Å². The molecule has 2 fully saturated rings. The molecular weight excluding hydrogens is 414 g/mol. The normalized spacial score (nSPS) is 19.4. The van der Waals surface area contributed by atoms with Gasteiger partial charge in [0, 0.05) is 31.7 Å². The molecule has 3 amide bonds. The summed E-state index contributed by atoms with van der Waals surface area (Å²) >= 11 is 7.38. The summed E-state index contributed by atoms with van der Waals surface area (Å²) in [5.74, 6) is -0.405. The number of amides is 3. The molecule has 9 heteroatoms. The number of nitrogens with zero attached hydrogens (tertiary/aromatic N) is 2. The Morgan fingerprint density at radius 3 is 2.62 bits per heavy atom. The Labute approximate surface area is 179 Å². The molecule has 1 aromatic rings. The highest BCUT2D eigenvalue weighted by Crippen LogP contribution is 2.35. The van der Waals surface area contributed by atoms with Gasteiger partial charge in [-0.05, 0) is 51.1 Å². The Morgan fingerprint density at radius 1 is 1.21 bits per heavy atom. The summed E-state index contributed by atoms with van der Waals surface area (Å²) < 4.78 is 5.49. The fourth-order valence-corrected chi connectivity index (χ4v) is 4.17. The van der Waals surface area contributed by atoms with Gasteiger partial charge in [-0.2, -0.15) is 0 Å². The van der Waals surface area contributed by atoms with Crippen LogP contribution in [0.5, 0.6) is 0 Å². The number of carbonyl (C=O) groups is 3. The van der Waals surface area contributed by atoms with Crippen molar-refractivity contribution in [3.63, 3.8) is 0 Å². The molecule has 29 heavy (non-hydrogen) atoms. The fourth-order valence-electron chi connectivity index (χ4n) is 3.19. The van der Waals surface area contributed by atoms with Crippen molar-refractivity contribution >= 4 is 52.4 Å². The van der Waals surface area contributed by atoms with Crippen LogP contribution in [0.2, 0.25) is 5.02 Å². The number of carbonyl (C=O) groups excluding carboxylic acids is 3. The zero-order chi connectivity index (χ0) is 21.2. The number of halogens is 1. The van der Waals surface area contributed by atoms with Crippen LogP contribution in [0.3, 0.4) is 0 Å². The van der Waals surface area contributed by atoms with E-state index < -0.39 is 11.5 Å². The maximum atomic E-state index is 12.4. The minimum absolute atomic E-state index is 0.321. The van der Waals surface area contributed by atoms with Gasteiger partial charge < -0.3 is 14.5 Å². The van der Waals surface area contributed by atoms with E-state index in [2.05, 4.69) is 10.2 Å². The first-order valence-electron chi connectivity index (χ1n) is 9.40. The Hall–Kier alpha value is -2.19. The molecule has 2 saturated heterocycles. The highest BCUT2D eigenvalue weighted by atomic mass is 35.5. The van der Waals surface area contributed by atoms with Gasteiger partial charge in [0.15, 0.2) is 0 Å². The maximum absolute atomic E-state index is 12.4. The molecule has 2 aliphatic rings. The number of ether oxygens (including phenoxy) is 1. The van der Waals surface area contributed by atoms with Crippen molar-refractivity contribution in [2.24, 2.45) is 0 Å². The number of para-hydroxylation sites is 1. The van der Waals surface area contributed by atoms with Gasteiger partial charge in [0.2, 0.25) is 0 Å². The summed E-state index contributed by atoms with van der Waals surface area (Å²) in [7, 11) is 0. The molecule has 156 valence electrons. The smallest absolute Gasteiger partial charge is 0.410 e. The standard InChI is InChI=1S/C20H24ClN3O4S/c1-20(2,3)28-19(27)24-9-5-8-23(10-11-24)16-13(6-4-7-14(16)21)12-15-17(25)22-18(26)29-15/h4,6-7,12H,5,8-11H2,1-3H3,(H,22,25,26)/b15-12-. The number of thioether (sulfide) groups is 1. The Morgan fingerprint density at radius 2 is 1.97 bits per heavy atom. The third-order valence-electron chi connectivity index (χ3n) is 4.41. The SMILES string of the molecule is CC(C)(C)OC(=O)N1CCCN(c2c(Cl)cccc2/C=C2\SC(=O)NC2=O)CC1. The summed E-state index contributed by atoms with van der Waals surface area (Å²) in [6, 6.07) is 5.46. The van der Waals surface area contributed by atoms with E-state index in [0.717, 1.165) is 29.4 Å². The van der Waals surface area contributed by atoms with Crippen LogP contribution in [0.4, 0.5) is 15.3 Å². The van der Waals surface area contributed by atoms with Crippen molar-refractivity contribution < 1.29 is 19.1 Å². The molecule has 3 rings (SSSR count). The first-order chi connectivity index (χ1) is 13.6. The third-order valence-corrected chi connectivity index (χ3v) is 5.53. The summed E-state index contributed by atoms with van der Waals surface area (Å²) in [5, 5.41) is 2.43. The van der Waals surface area contributed by atoms with Gasteiger partial charge >= 0.3 is 6.09 Å². The predicted octanol–water partition coefficient (Wildman–Crippen LogP) is 4.11. The van der Waals surface area contributed by atoms with Crippen LogP contribution in [0.25, 0.3) is 6.08 Å². The lowest BCUT2D eigenvalue weighted by atomic mass is 10.1. The van der Waals surface area contributed by atoms with Gasteiger partial charge in [-0.25, -0.2) is 4.79 Å². The van der Waals surface area contributed by atoms with E-state index >= 15 is 0 Å². The van der Waals surface area contributed by atoms with Crippen molar-refractivity contribution in [2.75, 3.05) is 31.1 Å². The maximum Gasteiger partial charge on any atom is 0.410 e. The van der Waals surface area contributed by atoms with Gasteiger partial charge in [-0.1, -0.05) is 23.7 Å². The molecule has 0 bridgehead atoms. The number of rotatable bonds is 2. The highest BCUT2D eigenvalue weighted by molar-refractivity contribution is 8.18. The number of benzene rings is 1. The molecule has 0 aliphatic carbocycles. The van der Waals surface area contributed by atoms with E-state index in [1.54, 1.807) is 17.0 Å². The molecule has 1 N–H and O–H groups in total. The number of imide groups is 1. The molecule has 2 heterocycles. The van der Waals surface area contributed by atoms with E-state index in [1.165, 1.54) is 0 Å². The topological polar surface area (TPSA) is 79.0 Å². The van der Waals surface area contributed by atoms with Crippen molar-refractivity contribution in [2.45, 2.75) is 32.8 Å². The van der Waals surface area contributed by atoms with E-state index in [9.17, 15) is 14.4 Å². The summed E-state index contributed by atoms with van der Waals surface area (Å²) in [6.07, 6.45) is 2.12. The lowest BCUT2D eigenvalue weighted by Gasteiger charge is -2.27. The average Bonchev–Trinajstić information content (AvgIpc) is 2.81. The first kappa shape index (κ1) is 21.5. The average molecular weight is 438 g/mol.